The summed E-state index contributed by atoms with van der Waals surface area (Å²) in [6.07, 6.45) is 3.29. The number of likely N-dealkylation sites (N-methyl/N-ethyl adjacent to an activating group) is 1. The fourth-order valence-corrected chi connectivity index (χ4v) is 2.87. The third-order valence-corrected chi connectivity index (χ3v) is 4.01. The zero-order valence-electron chi connectivity index (χ0n) is 10.9. The Morgan fingerprint density at radius 3 is 2.89 bits per heavy atom. The minimum Gasteiger partial charge on any atom is -0.324 e. The van der Waals surface area contributed by atoms with Gasteiger partial charge < -0.3 is 5.32 Å². The van der Waals surface area contributed by atoms with Crippen molar-refractivity contribution in [1.82, 2.24) is 4.90 Å². The van der Waals surface area contributed by atoms with Gasteiger partial charge in [-0.15, -0.1) is 0 Å². The Balaban J connectivity index is 2.06. The van der Waals surface area contributed by atoms with E-state index in [1.807, 2.05) is 32.2 Å². The van der Waals surface area contributed by atoms with E-state index in [1.165, 1.54) is 6.42 Å². The molecule has 1 amide bonds. The van der Waals surface area contributed by atoms with Crippen LogP contribution in [0.2, 0.25) is 0 Å². The van der Waals surface area contributed by atoms with Crippen molar-refractivity contribution in [3.05, 3.63) is 28.2 Å². The monoisotopic (exact) mass is 310 g/mol. The molecule has 0 bridgehead atoms. The van der Waals surface area contributed by atoms with Gasteiger partial charge in [-0.25, -0.2) is 0 Å². The second-order valence-electron chi connectivity index (χ2n) is 4.94. The minimum atomic E-state index is 0.0156. The number of hydrogen-bond acceptors (Lipinski definition) is 2. The summed E-state index contributed by atoms with van der Waals surface area (Å²) in [4.78, 5) is 14.4. The van der Waals surface area contributed by atoms with Crippen LogP contribution in [-0.4, -0.2) is 30.4 Å². The lowest BCUT2D eigenvalue weighted by Crippen LogP contribution is -2.44. The molecule has 1 aromatic rings. The van der Waals surface area contributed by atoms with E-state index in [4.69, 9.17) is 0 Å². The number of nitrogens with zero attached hydrogens (tertiary/aromatic N) is 1. The molecular formula is C14H19BrN2O. The molecule has 2 rings (SSSR count). The molecule has 1 atom stereocenters. The molecule has 1 heterocycles. The van der Waals surface area contributed by atoms with Crippen LogP contribution in [0.5, 0.6) is 0 Å². The average molecular weight is 311 g/mol. The van der Waals surface area contributed by atoms with Gasteiger partial charge in [0.05, 0.1) is 6.04 Å². The molecule has 0 radical (unpaired) electrons. The molecule has 0 saturated carbocycles. The van der Waals surface area contributed by atoms with Crippen molar-refractivity contribution < 1.29 is 4.79 Å². The van der Waals surface area contributed by atoms with Gasteiger partial charge in [0.15, 0.2) is 0 Å². The molecule has 3 nitrogen and oxygen atoms in total. The molecule has 98 valence electrons. The minimum absolute atomic E-state index is 0.0156. The van der Waals surface area contributed by atoms with Crippen LogP contribution >= 0.6 is 15.9 Å². The van der Waals surface area contributed by atoms with E-state index in [-0.39, 0.29) is 11.9 Å². The lowest BCUT2D eigenvalue weighted by molar-refractivity contribution is -0.121. The largest absolute Gasteiger partial charge is 0.324 e. The molecule has 1 saturated heterocycles. The third kappa shape index (κ3) is 3.12. The molecular weight excluding hydrogens is 292 g/mol. The molecule has 1 fully saturated rings. The van der Waals surface area contributed by atoms with E-state index in [9.17, 15) is 4.79 Å². The van der Waals surface area contributed by atoms with Crippen LogP contribution in [0.15, 0.2) is 22.7 Å². The highest BCUT2D eigenvalue weighted by Crippen LogP contribution is 2.22. The number of hydrogen-bond donors (Lipinski definition) is 1. The normalized spacial score (nSPS) is 20.7. The molecule has 18 heavy (non-hydrogen) atoms. The molecule has 1 aromatic carbocycles. The summed E-state index contributed by atoms with van der Waals surface area (Å²) in [6, 6.07) is 5.93. The maximum Gasteiger partial charge on any atom is 0.241 e. The SMILES string of the molecule is Cc1cc(Br)ccc1NC(=O)C1CCCCN1C. The van der Waals surface area contributed by atoms with Crippen molar-refractivity contribution in [3.8, 4) is 0 Å². The lowest BCUT2D eigenvalue weighted by Gasteiger charge is -2.31. The summed E-state index contributed by atoms with van der Waals surface area (Å²) in [6.45, 7) is 3.02. The standard InChI is InChI=1S/C14H19BrN2O/c1-10-9-11(15)6-7-12(10)16-14(18)13-5-3-4-8-17(13)2/h6-7,9,13H,3-5,8H2,1-2H3,(H,16,18). The number of halogens is 1. The van der Waals surface area contributed by atoms with E-state index in [2.05, 4.69) is 26.1 Å². The predicted octanol–water partition coefficient (Wildman–Crippen LogP) is 3.18. The van der Waals surface area contributed by atoms with Gasteiger partial charge >= 0.3 is 0 Å². The first-order chi connectivity index (χ1) is 8.58. The first-order valence-electron chi connectivity index (χ1n) is 6.35. The molecule has 4 heteroatoms. The lowest BCUT2D eigenvalue weighted by atomic mass is 10.0. The van der Waals surface area contributed by atoms with E-state index < -0.39 is 0 Å². The van der Waals surface area contributed by atoms with Gasteiger partial charge in [-0.05, 0) is 57.1 Å². The van der Waals surface area contributed by atoms with Crippen LogP contribution in [0, 0.1) is 6.92 Å². The third-order valence-electron chi connectivity index (χ3n) is 3.52. The number of rotatable bonds is 2. The number of aryl methyl sites for hydroxylation is 1. The van der Waals surface area contributed by atoms with Crippen LogP contribution < -0.4 is 5.32 Å². The van der Waals surface area contributed by atoms with Crippen LogP contribution in [0.1, 0.15) is 24.8 Å². The number of carbonyl (C=O) groups excluding carboxylic acids is 1. The average Bonchev–Trinajstić information content (AvgIpc) is 2.33. The summed E-state index contributed by atoms with van der Waals surface area (Å²) in [5.41, 5.74) is 1.98. The maximum atomic E-state index is 12.3. The van der Waals surface area contributed by atoms with Crippen molar-refractivity contribution in [1.29, 1.82) is 0 Å². The zero-order valence-corrected chi connectivity index (χ0v) is 12.5. The molecule has 1 unspecified atom stereocenters. The smallest absolute Gasteiger partial charge is 0.241 e. The zero-order chi connectivity index (χ0) is 13.1. The first kappa shape index (κ1) is 13.6. The molecule has 0 aliphatic carbocycles. The van der Waals surface area contributed by atoms with Gasteiger partial charge in [0, 0.05) is 10.2 Å². The van der Waals surface area contributed by atoms with Gasteiger partial charge in [0.1, 0.15) is 0 Å². The van der Waals surface area contributed by atoms with Crippen molar-refractivity contribution in [2.75, 3.05) is 18.9 Å². The highest BCUT2D eigenvalue weighted by molar-refractivity contribution is 9.10. The van der Waals surface area contributed by atoms with Crippen LogP contribution in [-0.2, 0) is 4.79 Å². The van der Waals surface area contributed by atoms with Crippen molar-refractivity contribution in [3.63, 3.8) is 0 Å². The second kappa shape index (κ2) is 5.85. The van der Waals surface area contributed by atoms with Crippen molar-refractivity contribution in [2.45, 2.75) is 32.2 Å². The van der Waals surface area contributed by atoms with Gasteiger partial charge in [-0.2, -0.15) is 0 Å². The Kier molecular flexibility index (Phi) is 4.40. The summed E-state index contributed by atoms with van der Waals surface area (Å²) in [7, 11) is 2.03. The van der Waals surface area contributed by atoms with E-state index in [0.29, 0.717) is 0 Å². The highest BCUT2D eigenvalue weighted by atomic mass is 79.9. The highest BCUT2D eigenvalue weighted by Gasteiger charge is 2.25. The summed E-state index contributed by atoms with van der Waals surface area (Å²) < 4.78 is 1.03. The Morgan fingerprint density at radius 2 is 2.22 bits per heavy atom. The summed E-state index contributed by atoms with van der Waals surface area (Å²) >= 11 is 3.43. The molecule has 1 N–H and O–H groups in total. The van der Waals surface area contributed by atoms with Gasteiger partial charge in [-0.1, -0.05) is 22.4 Å². The number of nitrogens with one attached hydrogen (secondary N) is 1. The van der Waals surface area contributed by atoms with Crippen molar-refractivity contribution in [2.24, 2.45) is 0 Å². The van der Waals surface area contributed by atoms with Crippen LogP contribution in [0.4, 0.5) is 5.69 Å². The number of carbonyl (C=O) groups is 1. The Bertz CT molecular complexity index is 447. The van der Waals surface area contributed by atoms with Crippen molar-refractivity contribution >= 4 is 27.5 Å². The maximum absolute atomic E-state index is 12.3. The Morgan fingerprint density at radius 1 is 1.44 bits per heavy atom. The molecule has 1 aliphatic heterocycles. The van der Waals surface area contributed by atoms with E-state index in [1.54, 1.807) is 0 Å². The summed E-state index contributed by atoms with van der Waals surface area (Å²) in [5, 5.41) is 3.04. The van der Waals surface area contributed by atoms with E-state index in [0.717, 1.165) is 35.1 Å². The van der Waals surface area contributed by atoms with E-state index >= 15 is 0 Å². The number of benzene rings is 1. The Labute approximate surface area is 117 Å². The van der Waals surface area contributed by atoms with Gasteiger partial charge in [-0.3, -0.25) is 9.69 Å². The first-order valence-corrected chi connectivity index (χ1v) is 7.14. The van der Waals surface area contributed by atoms with Crippen LogP contribution in [0.25, 0.3) is 0 Å². The Hall–Kier alpha value is -0.870. The number of anilines is 1. The number of likely N-dealkylation sites (tertiary alicyclic amines) is 1. The topological polar surface area (TPSA) is 32.3 Å². The fraction of sp³-hybridized carbons (Fsp3) is 0.500. The molecule has 1 aliphatic rings. The van der Waals surface area contributed by atoms with Gasteiger partial charge in [0.2, 0.25) is 5.91 Å². The quantitative estimate of drug-likeness (QED) is 0.910. The van der Waals surface area contributed by atoms with Gasteiger partial charge in [0.25, 0.3) is 0 Å². The van der Waals surface area contributed by atoms with Crippen LogP contribution in [0.3, 0.4) is 0 Å². The molecule has 0 spiro atoms. The fourth-order valence-electron chi connectivity index (χ4n) is 2.39. The summed E-state index contributed by atoms with van der Waals surface area (Å²) in [5.74, 6) is 0.114. The predicted molar refractivity (Wildman–Crippen MR) is 77.8 cm³/mol. The number of piperidine rings is 1. The second-order valence-corrected chi connectivity index (χ2v) is 5.86. The molecule has 0 aromatic heterocycles. The number of amides is 1.